The number of nitrogens with one attached hydrogen (secondary N) is 2. The molecular weight excluding hydrogens is 661 g/mol. The summed E-state index contributed by atoms with van der Waals surface area (Å²) in [7, 11) is -3.59. The van der Waals surface area contributed by atoms with E-state index in [1.165, 1.54) is 0 Å². The fraction of sp³-hybridized carbons (Fsp3) is 0.412. The normalized spacial score (nSPS) is 18.5. The van der Waals surface area contributed by atoms with Crippen molar-refractivity contribution in [1.82, 2.24) is 19.6 Å². The predicted octanol–water partition coefficient (Wildman–Crippen LogP) is 5.28. The fourth-order valence-electron chi connectivity index (χ4n) is 6.22. The third-order valence-electron chi connectivity index (χ3n) is 8.97. The molecule has 1 saturated carbocycles. The quantitative estimate of drug-likeness (QED) is 0.224. The molecular formula is C34H39F3N6O5S. The van der Waals surface area contributed by atoms with Crippen LogP contribution in [0.3, 0.4) is 0 Å². The Balaban J connectivity index is 0.000000606. The SMILES string of the molecule is CC(=O)N1CCN(c2nc(NCC3CCC(CNS(=O)(=O)c4cccc5ccccc45)CC3)nc3ccccc23)CC1.O=C(O)C(F)(F)F. The van der Waals surface area contributed by atoms with Crippen LogP contribution in [0.5, 0.6) is 0 Å². The van der Waals surface area contributed by atoms with Crippen LogP contribution in [0.15, 0.2) is 71.6 Å². The molecule has 1 aliphatic carbocycles. The standard InChI is InChI=1S/C32H38N6O3S.C2HF3O2/c1-23(39)37-17-19-38(20-18-37)31-28-10-4-5-11-29(28)35-32(36-31)33-21-24-13-15-25(16-14-24)22-34-42(40,41)30-12-6-8-26-7-2-3-9-27(26)30;3-2(4,5)1(6)7/h2-12,24-25,34H,13-22H2,1H3,(H,33,35,36);(H,6,7). The Kier molecular flexibility index (Phi) is 11.2. The fourth-order valence-corrected chi connectivity index (χ4v) is 7.57. The first-order valence-corrected chi connectivity index (χ1v) is 17.6. The van der Waals surface area contributed by atoms with Gasteiger partial charge in [-0.15, -0.1) is 0 Å². The summed E-state index contributed by atoms with van der Waals surface area (Å²) in [5.74, 6) is -0.304. The van der Waals surface area contributed by atoms with Crippen molar-refractivity contribution in [1.29, 1.82) is 0 Å². The van der Waals surface area contributed by atoms with Gasteiger partial charge in [-0.2, -0.15) is 18.2 Å². The van der Waals surface area contributed by atoms with Crippen LogP contribution in [0.2, 0.25) is 0 Å². The number of sulfonamides is 1. The van der Waals surface area contributed by atoms with Gasteiger partial charge < -0.3 is 20.2 Å². The molecule has 2 aliphatic rings. The summed E-state index contributed by atoms with van der Waals surface area (Å²) in [5, 5.41) is 13.3. The summed E-state index contributed by atoms with van der Waals surface area (Å²) in [6.07, 6.45) is -1.06. The largest absolute Gasteiger partial charge is 0.490 e. The molecule has 0 radical (unpaired) electrons. The van der Waals surface area contributed by atoms with E-state index in [4.69, 9.17) is 19.9 Å². The van der Waals surface area contributed by atoms with Crippen LogP contribution in [0.1, 0.15) is 32.6 Å². The number of aliphatic carboxylic acids is 1. The number of alkyl halides is 3. The summed E-state index contributed by atoms with van der Waals surface area (Å²) in [4.78, 5) is 34.9. The first kappa shape index (κ1) is 35.8. The number of hydrogen-bond acceptors (Lipinski definition) is 8. The minimum atomic E-state index is -5.08. The highest BCUT2D eigenvalue weighted by atomic mass is 32.2. The highest BCUT2D eigenvalue weighted by Crippen LogP contribution is 2.31. The maximum Gasteiger partial charge on any atom is 0.490 e. The lowest BCUT2D eigenvalue weighted by Gasteiger charge is -2.35. The number of halogens is 3. The molecule has 3 N–H and O–H groups in total. The van der Waals surface area contributed by atoms with E-state index in [-0.39, 0.29) is 5.91 Å². The molecule has 1 aromatic heterocycles. The Labute approximate surface area is 282 Å². The molecule has 2 fully saturated rings. The number of carbonyl (C=O) groups excluding carboxylic acids is 1. The highest BCUT2D eigenvalue weighted by molar-refractivity contribution is 7.89. The van der Waals surface area contributed by atoms with Gasteiger partial charge in [0.1, 0.15) is 5.82 Å². The Hall–Kier alpha value is -4.50. The first-order valence-electron chi connectivity index (χ1n) is 16.1. The lowest BCUT2D eigenvalue weighted by atomic mass is 9.82. The van der Waals surface area contributed by atoms with Gasteiger partial charge in [-0.05, 0) is 61.1 Å². The third-order valence-corrected chi connectivity index (χ3v) is 10.4. The van der Waals surface area contributed by atoms with Crippen molar-refractivity contribution in [2.24, 2.45) is 11.8 Å². The summed E-state index contributed by atoms with van der Waals surface area (Å²) in [6.45, 7) is 5.73. The van der Waals surface area contributed by atoms with Crippen LogP contribution in [-0.4, -0.2) is 85.7 Å². The number of fused-ring (bicyclic) bond motifs is 2. The number of benzene rings is 3. The van der Waals surface area contributed by atoms with Crippen LogP contribution in [-0.2, 0) is 19.6 Å². The second-order valence-corrected chi connectivity index (χ2v) is 14.0. The minimum absolute atomic E-state index is 0.112. The maximum atomic E-state index is 13.1. The van der Waals surface area contributed by atoms with E-state index in [1.54, 1.807) is 19.1 Å². The molecule has 4 aromatic rings. The number of piperazine rings is 1. The van der Waals surface area contributed by atoms with Crippen molar-refractivity contribution in [3.8, 4) is 0 Å². The second-order valence-electron chi connectivity index (χ2n) is 12.3. The number of anilines is 2. The molecule has 2 heterocycles. The lowest BCUT2D eigenvalue weighted by Crippen LogP contribution is -2.48. The van der Waals surface area contributed by atoms with Gasteiger partial charge in [0.2, 0.25) is 21.9 Å². The number of hydrogen-bond donors (Lipinski definition) is 3. The zero-order chi connectivity index (χ0) is 35.2. The van der Waals surface area contributed by atoms with Gasteiger partial charge >= 0.3 is 12.1 Å². The molecule has 0 spiro atoms. The summed E-state index contributed by atoms with van der Waals surface area (Å²) >= 11 is 0. The second kappa shape index (κ2) is 15.4. The molecule has 0 unspecified atom stereocenters. The Morgan fingerprint density at radius 3 is 2.04 bits per heavy atom. The molecule has 3 aromatic carbocycles. The van der Waals surface area contributed by atoms with E-state index in [9.17, 15) is 26.4 Å². The summed E-state index contributed by atoms with van der Waals surface area (Å²) in [6, 6.07) is 21.1. The molecule has 0 atom stereocenters. The average Bonchev–Trinajstić information content (AvgIpc) is 3.09. The minimum Gasteiger partial charge on any atom is -0.475 e. The molecule has 15 heteroatoms. The molecule has 1 aliphatic heterocycles. The number of carbonyl (C=O) groups is 2. The number of para-hydroxylation sites is 1. The third kappa shape index (κ3) is 9.15. The van der Waals surface area contributed by atoms with E-state index < -0.39 is 22.2 Å². The van der Waals surface area contributed by atoms with Gasteiger partial charge in [0, 0.05) is 57.0 Å². The van der Waals surface area contributed by atoms with E-state index in [2.05, 4.69) is 21.0 Å². The lowest BCUT2D eigenvalue weighted by molar-refractivity contribution is -0.192. The highest BCUT2D eigenvalue weighted by Gasteiger charge is 2.38. The van der Waals surface area contributed by atoms with Crippen LogP contribution >= 0.6 is 0 Å². The van der Waals surface area contributed by atoms with Crippen molar-refractivity contribution in [2.45, 2.75) is 43.7 Å². The van der Waals surface area contributed by atoms with Crippen LogP contribution in [0.25, 0.3) is 21.7 Å². The molecule has 0 bridgehead atoms. The first-order chi connectivity index (χ1) is 23.3. The van der Waals surface area contributed by atoms with Crippen molar-refractivity contribution in [3.63, 3.8) is 0 Å². The Morgan fingerprint density at radius 1 is 0.837 bits per heavy atom. The predicted molar refractivity (Wildman–Crippen MR) is 181 cm³/mol. The van der Waals surface area contributed by atoms with Gasteiger partial charge in [-0.3, -0.25) is 4.79 Å². The number of carboxylic acid groups (broad SMARTS) is 1. The molecule has 262 valence electrons. The van der Waals surface area contributed by atoms with E-state index in [1.807, 2.05) is 53.4 Å². The Bertz CT molecular complexity index is 1890. The van der Waals surface area contributed by atoms with E-state index in [0.717, 1.165) is 72.8 Å². The smallest absolute Gasteiger partial charge is 0.475 e. The van der Waals surface area contributed by atoms with Gasteiger partial charge in [0.25, 0.3) is 0 Å². The van der Waals surface area contributed by atoms with E-state index >= 15 is 0 Å². The number of carboxylic acids is 1. The number of amides is 1. The number of rotatable bonds is 8. The van der Waals surface area contributed by atoms with Crippen molar-refractivity contribution >= 4 is 55.3 Å². The van der Waals surface area contributed by atoms with Crippen molar-refractivity contribution in [2.75, 3.05) is 49.5 Å². The van der Waals surface area contributed by atoms with Gasteiger partial charge in [-0.25, -0.2) is 22.9 Å². The zero-order valence-corrected chi connectivity index (χ0v) is 27.8. The van der Waals surface area contributed by atoms with Crippen LogP contribution < -0.4 is 14.9 Å². The van der Waals surface area contributed by atoms with Gasteiger partial charge in [0.05, 0.1) is 10.4 Å². The topological polar surface area (TPSA) is 145 Å². The number of nitrogens with zero attached hydrogens (tertiary/aromatic N) is 4. The van der Waals surface area contributed by atoms with Crippen molar-refractivity contribution < 1.29 is 36.3 Å². The monoisotopic (exact) mass is 700 g/mol. The molecule has 11 nitrogen and oxygen atoms in total. The van der Waals surface area contributed by atoms with Gasteiger partial charge in [0.15, 0.2) is 0 Å². The van der Waals surface area contributed by atoms with Crippen LogP contribution in [0.4, 0.5) is 24.9 Å². The summed E-state index contributed by atoms with van der Waals surface area (Å²) in [5.41, 5.74) is 0.904. The maximum absolute atomic E-state index is 13.1. The van der Waals surface area contributed by atoms with Crippen LogP contribution in [0, 0.1) is 11.8 Å². The zero-order valence-electron chi connectivity index (χ0n) is 27.0. The summed E-state index contributed by atoms with van der Waals surface area (Å²) < 4.78 is 60.9. The molecule has 1 amide bonds. The molecule has 6 rings (SSSR count). The molecule has 49 heavy (non-hydrogen) atoms. The van der Waals surface area contributed by atoms with Gasteiger partial charge in [-0.1, -0.05) is 48.5 Å². The van der Waals surface area contributed by atoms with E-state index in [0.29, 0.717) is 42.3 Å². The Morgan fingerprint density at radius 2 is 1.41 bits per heavy atom. The van der Waals surface area contributed by atoms with Crippen molar-refractivity contribution in [3.05, 3.63) is 66.7 Å². The average molecular weight is 701 g/mol. The molecule has 1 saturated heterocycles. The number of aromatic nitrogens is 2.